The highest BCUT2D eigenvalue weighted by atomic mass is 32.1. The first-order valence-electron chi connectivity index (χ1n) is 6.04. The first-order valence-corrected chi connectivity index (χ1v) is 6.77. The van der Waals surface area contributed by atoms with Crippen molar-refractivity contribution in [2.24, 2.45) is 5.10 Å². The molecule has 0 saturated carbocycles. The maximum atomic E-state index is 11.8. The highest BCUT2D eigenvalue weighted by molar-refractivity contribution is 7.00. The number of hydrazone groups is 1. The molecular formula is C13H10N6OS. The monoisotopic (exact) mass is 298 g/mol. The van der Waals surface area contributed by atoms with E-state index in [2.05, 4.69) is 29.6 Å². The number of hydrogen-bond donors (Lipinski definition) is 2. The van der Waals surface area contributed by atoms with Crippen LogP contribution in [0.15, 0.2) is 47.8 Å². The second-order valence-electron chi connectivity index (χ2n) is 4.04. The summed E-state index contributed by atoms with van der Waals surface area (Å²) in [6.07, 6.45) is 4.83. The summed E-state index contributed by atoms with van der Waals surface area (Å²) in [6.45, 7) is 0. The minimum atomic E-state index is -0.444. The average Bonchev–Trinajstić information content (AvgIpc) is 2.98. The predicted octanol–water partition coefficient (Wildman–Crippen LogP) is 2.24. The van der Waals surface area contributed by atoms with E-state index in [1.54, 1.807) is 36.7 Å². The number of nitrogens with one attached hydrogen (secondary N) is 2. The zero-order chi connectivity index (χ0) is 14.5. The van der Waals surface area contributed by atoms with E-state index < -0.39 is 6.03 Å². The Balaban J connectivity index is 1.64. The standard InChI is InChI=1S/C13H10N6OS/c20-13(17-15-8-9-4-6-14-7-5-9)16-10-2-1-3-11-12(10)19-21-18-11/h1-8H,(H2,16,17,20)/b15-8+. The second-order valence-corrected chi connectivity index (χ2v) is 4.57. The average molecular weight is 298 g/mol. The van der Waals surface area contributed by atoms with Crippen LogP contribution in [0, 0.1) is 0 Å². The summed E-state index contributed by atoms with van der Waals surface area (Å²) < 4.78 is 8.25. The number of amides is 2. The van der Waals surface area contributed by atoms with Crippen LogP contribution in [-0.2, 0) is 0 Å². The molecule has 0 unspecified atom stereocenters. The Morgan fingerprint density at radius 3 is 2.90 bits per heavy atom. The molecular weight excluding hydrogens is 288 g/mol. The fourth-order valence-corrected chi connectivity index (χ4v) is 2.22. The van der Waals surface area contributed by atoms with Crippen molar-refractivity contribution in [2.75, 3.05) is 5.32 Å². The lowest BCUT2D eigenvalue weighted by Gasteiger charge is -2.04. The Morgan fingerprint density at radius 2 is 2.05 bits per heavy atom. The van der Waals surface area contributed by atoms with Gasteiger partial charge in [-0.3, -0.25) is 4.98 Å². The number of carbonyl (C=O) groups excluding carboxylic acids is 1. The van der Waals surface area contributed by atoms with Crippen molar-refractivity contribution in [2.45, 2.75) is 0 Å². The van der Waals surface area contributed by atoms with Crippen molar-refractivity contribution >= 4 is 40.7 Å². The van der Waals surface area contributed by atoms with Gasteiger partial charge in [-0.25, -0.2) is 10.2 Å². The molecule has 0 saturated heterocycles. The number of rotatable bonds is 3. The van der Waals surface area contributed by atoms with Crippen LogP contribution in [0.25, 0.3) is 11.0 Å². The molecule has 3 rings (SSSR count). The second kappa shape index (κ2) is 6.06. The van der Waals surface area contributed by atoms with Crippen molar-refractivity contribution in [1.29, 1.82) is 0 Å². The number of nitrogens with zero attached hydrogens (tertiary/aromatic N) is 4. The van der Waals surface area contributed by atoms with Crippen molar-refractivity contribution in [3.63, 3.8) is 0 Å². The molecule has 0 radical (unpaired) electrons. The van der Waals surface area contributed by atoms with Crippen LogP contribution >= 0.6 is 11.7 Å². The van der Waals surface area contributed by atoms with Crippen LogP contribution in [0.4, 0.5) is 10.5 Å². The summed E-state index contributed by atoms with van der Waals surface area (Å²) in [5.74, 6) is 0. The summed E-state index contributed by atoms with van der Waals surface area (Å²) >= 11 is 1.10. The quantitative estimate of drug-likeness (QED) is 0.573. The lowest BCUT2D eigenvalue weighted by atomic mass is 10.2. The van der Waals surface area contributed by atoms with Crippen LogP contribution in [0.5, 0.6) is 0 Å². The van der Waals surface area contributed by atoms with Gasteiger partial charge in [-0.05, 0) is 29.8 Å². The fraction of sp³-hybridized carbons (Fsp3) is 0. The molecule has 0 aliphatic rings. The van der Waals surface area contributed by atoms with Gasteiger partial charge in [0.05, 0.1) is 23.6 Å². The normalized spacial score (nSPS) is 10.9. The van der Waals surface area contributed by atoms with Crippen LogP contribution in [0.2, 0.25) is 0 Å². The van der Waals surface area contributed by atoms with E-state index in [1.807, 2.05) is 6.07 Å². The van der Waals surface area contributed by atoms with Gasteiger partial charge in [0.1, 0.15) is 11.0 Å². The Morgan fingerprint density at radius 1 is 1.19 bits per heavy atom. The van der Waals surface area contributed by atoms with Crippen LogP contribution in [-0.4, -0.2) is 26.0 Å². The number of urea groups is 1. The van der Waals surface area contributed by atoms with Gasteiger partial charge >= 0.3 is 6.03 Å². The van der Waals surface area contributed by atoms with Gasteiger partial charge in [-0.15, -0.1) is 0 Å². The maximum Gasteiger partial charge on any atom is 0.339 e. The van der Waals surface area contributed by atoms with Gasteiger partial charge in [-0.1, -0.05) is 6.07 Å². The van der Waals surface area contributed by atoms with E-state index in [4.69, 9.17) is 0 Å². The summed E-state index contributed by atoms with van der Waals surface area (Å²) in [5, 5.41) is 6.54. The number of benzene rings is 1. The first-order chi connectivity index (χ1) is 10.3. The molecule has 21 heavy (non-hydrogen) atoms. The van der Waals surface area contributed by atoms with Crippen molar-refractivity contribution in [3.8, 4) is 0 Å². The number of carbonyl (C=O) groups is 1. The summed E-state index contributed by atoms with van der Waals surface area (Å²) in [6, 6.07) is 8.52. The molecule has 0 spiro atoms. The SMILES string of the molecule is O=C(N/N=C/c1ccncc1)Nc1cccc2nsnc12. The summed E-state index contributed by atoms with van der Waals surface area (Å²) in [4.78, 5) is 15.7. The molecule has 1 aromatic carbocycles. The topological polar surface area (TPSA) is 92.2 Å². The van der Waals surface area contributed by atoms with Crippen molar-refractivity contribution in [1.82, 2.24) is 19.2 Å². The summed E-state index contributed by atoms with van der Waals surface area (Å²) in [7, 11) is 0. The zero-order valence-corrected chi connectivity index (χ0v) is 11.5. The third kappa shape index (κ3) is 3.18. The lowest BCUT2D eigenvalue weighted by Crippen LogP contribution is -2.24. The molecule has 8 heteroatoms. The minimum Gasteiger partial charge on any atom is -0.304 e. The Bertz CT molecular complexity index is 785. The molecule has 0 aliphatic heterocycles. The van der Waals surface area contributed by atoms with Gasteiger partial charge in [0.2, 0.25) is 0 Å². The number of pyridine rings is 1. The molecule has 2 amide bonds. The Hall–Kier alpha value is -2.87. The highest BCUT2D eigenvalue weighted by Gasteiger charge is 2.07. The summed E-state index contributed by atoms with van der Waals surface area (Å²) in [5.41, 5.74) is 5.24. The van der Waals surface area contributed by atoms with Gasteiger partial charge in [0, 0.05) is 12.4 Å². The molecule has 3 aromatic rings. The predicted molar refractivity (Wildman–Crippen MR) is 81.4 cm³/mol. The molecule has 0 atom stereocenters. The van der Waals surface area contributed by atoms with Gasteiger partial charge in [0.15, 0.2) is 0 Å². The zero-order valence-electron chi connectivity index (χ0n) is 10.7. The largest absolute Gasteiger partial charge is 0.339 e. The van der Waals surface area contributed by atoms with E-state index in [0.717, 1.165) is 22.8 Å². The minimum absolute atomic E-state index is 0.444. The molecule has 7 nitrogen and oxygen atoms in total. The maximum absolute atomic E-state index is 11.8. The fourth-order valence-electron chi connectivity index (χ4n) is 1.67. The van der Waals surface area contributed by atoms with E-state index in [-0.39, 0.29) is 0 Å². The molecule has 104 valence electrons. The number of aromatic nitrogens is 3. The van der Waals surface area contributed by atoms with E-state index in [9.17, 15) is 4.79 Å². The smallest absolute Gasteiger partial charge is 0.304 e. The van der Waals surface area contributed by atoms with Gasteiger partial charge < -0.3 is 5.32 Å². The van der Waals surface area contributed by atoms with E-state index in [1.165, 1.54) is 6.21 Å². The van der Waals surface area contributed by atoms with Crippen LogP contribution in [0.3, 0.4) is 0 Å². The Kier molecular flexibility index (Phi) is 3.79. The number of fused-ring (bicyclic) bond motifs is 1. The number of anilines is 1. The van der Waals surface area contributed by atoms with E-state index in [0.29, 0.717) is 11.2 Å². The van der Waals surface area contributed by atoms with Crippen LogP contribution in [0.1, 0.15) is 5.56 Å². The first kappa shape index (κ1) is 13.1. The van der Waals surface area contributed by atoms with Crippen molar-refractivity contribution < 1.29 is 4.79 Å². The lowest BCUT2D eigenvalue weighted by molar-refractivity contribution is 0.252. The molecule has 0 bridgehead atoms. The molecule has 2 aromatic heterocycles. The van der Waals surface area contributed by atoms with Crippen LogP contribution < -0.4 is 10.7 Å². The molecule has 2 N–H and O–H groups in total. The third-order valence-corrected chi connectivity index (χ3v) is 3.16. The van der Waals surface area contributed by atoms with E-state index >= 15 is 0 Å². The van der Waals surface area contributed by atoms with Gasteiger partial charge in [-0.2, -0.15) is 13.8 Å². The molecule has 0 fully saturated rings. The highest BCUT2D eigenvalue weighted by Crippen LogP contribution is 2.20. The Labute approximate surface area is 124 Å². The van der Waals surface area contributed by atoms with Gasteiger partial charge in [0.25, 0.3) is 0 Å². The number of hydrogen-bond acceptors (Lipinski definition) is 6. The molecule has 0 aliphatic carbocycles. The third-order valence-electron chi connectivity index (χ3n) is 2.62. The van der Waals surface area contributed by atoms with Crippen molar-refractivity contribution in [3.05, 3.63) is 48.3 Å². The molecule has 2 heterocycles.